The Morgan fingerprint density at radius 3 is 2.47 bits per heavy atom. The van der Waals surface area contributed by atoms with Gasteiger partial charge in [0.1, 0.15) is 0 Å². The van der Waals surface area contributed by atoms with Crippen molar-refractivity contribution >= 4 is 10.0 Å². The van der Waals surface area contributed by atoms with Crippen molar-refractivity contribution in [3.63, 3.8) is 0 Å². The molecule has 5 nitrogen and oxygen atoms in total. The number of rotatable bonds is 5. The summed E-state index contributed by atoms with van der Waals surface area (Å²) in [5.74, 6) is 0. The molecule has 1 rings (SSSR count). The van der Waals surface area contributed by atoms with Crippen molar-refractivity contribution in [2.75, 3.05) is 6.61 Å². The van der Waals surface area contributed by atoms with Gasteiger partial charge in [-0.15, -0.1) is 0 Å². The van der Waals surface area contributed by atoms with Crippen LogP contribution in [0.5, 0.6) is 0 Å². The molecule has 0 heterocycles. The summed E-state index contributed by atoms with van der Waals surface area (Å²) in [4.78, 5) is 0.125. The van der Waals surface area contributed by atoms with Crippen LogP contribution in [0.15, 0.2) is 29.2 Å². The Bertz CT molecular complexity index is 503. The number of nitrogens with one attached hydrogen (secondary N) is 1. The van der Waals surface area contributed by atoms with Gasteiger partial charge in [0.05, 0.1) is 24.0 Å². The van der Waals surface area contributed by atoms with Crippen molar-refractivity contribution in [2.24, 2.45) is 0 Å². The van der Waals surface area contributed by atoms with Gasteiger partial charge in [0, 0.05) is 6.04 Å². The lowest BCUT2D eigenvalue weighted by atomic mass is 10.2. The lowest BCUT2D eigenvalue weighted by Gasteiger charge is -2.11. The van der Waals surface area contributed by atoms with Crippen molar-refractivity contribution in [3.05, 3.63) is 29.8 Å². The molecule has 0 saturated carbocycles. The zero-order valence-electron chi connectivity index (χ0n) is 9.42. The topological polar surface area (TPSA) is 90.2 Å². The summed E-state index contributed by atoms with van der Waals surface area (Å²) in [6.45, 7) is 1.31. The van der Waals surface area contributed by atoms with Crippen molar-refractivity contribution in [1.82, 2.24) is 4.72 Å². The summed E-state index contributed by atoms with van der Waals surface area (Å²) >= 11 is 0. The number of hydrogen-bond donors (Lipinski definition) is 2. The first kappa shape index (κ1) is 13.6. The van der Waals surface area contributed by atoms with E-state index < -0.39 is 16.1 Å². The highest BCUT2D eigenvalue weighted by Crippen LogP contribution is 2.11. The van der Waals surface area contributed by atoms with Gasteiger partial charge in [0.15, 0.2) is 0 Å². The van der Waals surface area contributed by atoms with Gasteiger partial charge in [-0.25, -0.2) is 13.1 Å². The summed E-state index contributed by atoms with van der Waals surface area (Å²) in [6, 6.07) is 7.54. The highest BCUT2D eigenvalue weighted by atomic mass is 32.2. The molecule has 2 N–H and O–H groups in total. The summed E-state index contributed by atoms with van der Waals surface area (Å²) in [5.41, 5.74) is 0.765. The van der Waals surface area contributed by atoms with Gasteiger partial charge in [-0.2, -0.15) is 5.26 Å². The highest BCUT2D eigenvalue weighted by molar-refractivity contribution is 7.89. The second kappa shape index (κ2) is 5.77. The van der Waals surface area contributed by atoms with Crippen molar-refractivity contribution in [1.29, 1.82) is 5.26 Å². The fourth-order valence-corrected chi connectivity index (χ4v) is 2.48. The lowest BCUT2D eigenvalue weighted by molar-refractivity contribution is 0.265. The average molecular weight is 254 g/mol. The van der Waals surface area contributed by atoms with Gasteiger partial charge in [-0.05, 0) is 24.6 Å². The van der Waals surface area contributed by atoms with Crippen LogP contribution < -0.4 is 4.72 Å². The Kier molecular flexibility index (Phi) is 4.63. The maximum atomic E-state index is 11.8. The van der Waals surface area contributed by atoms with Gasteiger partial charge in [0.25, 0.3) is 0 Å². The SMILES string of the molecule is C[C@@H](CO)NS(=O)(=O)c1ccc(CC#N)cc1. The summed E-state index contributed by atoms with van der Waals surface area (Å²) in [6.07, 6.45) is 0.251. The molecule has 92 valence electrons. The molecule has 0 saturated heterocycles. The number of nitrogens with zero attached hydrogens (tertiary/aromatic N) is 1. The standard InChI is InChI=1S/C11H14N2O3S/c1-9(8-14)13-17(15,16)11-4-2-10(3-5-11)6-7-12/h2-5,9,13-14H,6,8H2,1H3/t9-/m0/s1. The average Bonchev–Trinajstić information content (AvgIpc) is 2.29. The van der Waals surface area contributed by atoms with E-state index in [-0.39, 0.29) is 17.9 Å². The Labute approximate surface area is 101 Å². The number of benzene rings is 1. The van der Waals surface area contributed by atoms with E-state index in [0.717, 1.165) is 5.56 Å². The van der Waals surface area contributed by atoms with E-state index in [4.69, 9.17) is 10.4 Å². The Morgan fingerprint density at radius 2 is 2.00 bits per heavy atom. The maximum Gasteiger partial charge on any atom is 0.240 e. The van der Waals surface area contributed by atoms with Crippen LogP contribution in [0, 0.1) is 11.3 Å². The van der Waals surface area contributed by atoms with Crippen LogP contribution in [-0.2, 0) is 16.4 Å². The van der Waals surface area contributed by atoms with Gasteiger partial charge in [-0.3, -0.25) is 0 Å². The molecular weight excluding hydrogens is 240 g/mol. The van der Waals surface area contributed by atoms with E-state index in [1.807, 2.05) is 6.07 Å². The molecule has 0 aliphatic rings. The first-order valence-electron chi connectivity index (χ1n) is 5.08. The molecule has 6 heteroatoms. The molecule has 1 aromatic carbocycles. The third-order valence-electron chi connectivity index (χ3n) is 2.15. The van der Waals surface area contributed by atoms with Crippen LogP contribution in [0.25, 0.3) is 0 Å². The summed E-state index contributed by atoms with van der Waals surface area (Å²) < 4.78 is 25.9. The first-order valence-corrected chi connectivity index (χ1v) is 6.57. The van der Waals surface area contributed by atoms with Crippen molar-refractivity contribution in [3.8, 4) is 6.07 Å². The molecule has 1 aromatic rings. The second-order valence-corrected chi connectivity index (χ2v) is 5.40. The predicted molar refractivity (Wildman–Crippen MR) is 62.6 cm³/mol. The highest BCUT2D eigenvalue weighted by Gasteiger charge is 2.16. The molecule has 0 spiro atoms. The number of nitriles is 1. The van der Waals surface area contributed by atoms with Crippen LogP contribution in [0.4, 0.5) is 0 Å². The fraction of sp³-hybridized carbons (Fsp3) is 0.364. The molecule has 17 heavy (non-hydrogen) atoms. The lowest BCUT2D eigenvalue weighted by Crippen LogP contribution is -2.34. The van der Waals surface area contributed by atoms with Crippen LogP contribution >= 0.6 is 0 Å². The minimum atomic E-state index is -3.60. The molecule has 1 atom stereocenters. The second-order valence-electron chi connectivity index (χ2n) is 3.68. The Morgan fingerprint density at radius 1 is 1.41 bits per heavy atom. The van der Waals surface area contributed by atoms with Gasteiger partial charge in [-0.1, -0.05) is 12.1 Å². The normalized spacial score (nSPS) is 13.0. The van der Waals surface area contributed by atoms with Crippen molar-refractivity contribution in [2.45, 2.75) is 24.3 Å². The molecule has 0 radical (unpaired) electrons. The monoisotopic (exact) mass is 254 g/mol. The van der Waals surface area contributed by atoms with E-state index in [1.54, 1.807) is 19.1 Å². The molecule has 0 bridgehead atoms. The Hall–Kier alpha value is -1.42. The first-order chi connectivity index (χ1) is 7.99. The Balaban J connectivity index is 2.89. The summed E-state index contributed by atoms with van der Waals surface area (Å²) in [7, 11) is -3.60. The quantitative estimate of drug-likeness (QED) is 0.796. The number of hydrogen-bond acceptors (Lipinski definition) is 4. The molecule has 0 fully saturated rings. The van der Waals surface area contributed by atoms with Gasteiger partial charge < -0.3 is 5.11 Å². The number of aliphatic hydroxyl groups is 1. The minimum Gasteiger partial charge on any atom is -0.395 e. The van der Waals surface area contributed by atoms with Crippen LogP contribution in [-0.4, -0.2) is 26.2 Å². The molecule has 0 aliphatic carbocycles. The van der Waals surface area contributed by atoms with Gasteiger partial charge in [0.2, 0.25) is 10.0 Å². The maximum absolute atomic E-state index is 11.8. The van der Waals surface area contributed by atoms with E-state index in [2.05, 4.69) is 4.72 Å². The van der Waals surface area contributed by atoms with Crippen LogP contribution in [0.3, 0.4) is 0 Å². The van der Waals surface area contributed by atoms with E-state index in [1.165, 1.54) is 12.1 Å². The number of aliphatic hydroxyl groups excluding tert-OH is 1. The minimum absolute atomic E-state index is 0.125. The zero-order valence-corrected chi connectivity index (χ0v) is 10.2. The smallest absolute Gasteiger partial charge is 0.240 e. The molecule has 0 amide bonds. The fourth-order valence-electron chi connectivity index (χ4n) is 1.25. The largest absolute Gasteiger partial charge is 0.395 e. The predicted octanol–water partition coefficient (Wildman–Crippen LogP) is 0.412. The summed E-state index contributed by atoms with van der Waals surface area (Å²) in [5, 5.41) is 17.3. The van der Waals surface area contributed by atoms with E-state index in [0.29, 0.717) is 0 Å². The molecule has 0 aromatic heterocycles. The molecular formula is C11H14N2O3S. The molecule has 0 unspecified atom stereocenters. The zero-order chi connectivity index (χ0) is 12.9. The number of sulfonamides is 1. The third kappa shape index (κ3) is 3.82. The third-order valence-corrected chi connectivity index (χ3v) is 3.75. The van der Waals surface area contributed by atoms with E-state index >= 15 is 0 Å². The molecule has 0 aliphatic heterocycles. The van der Waals surface area contributed by atoms with Gasteiger partial charge >= 0.3 is 0 Å². The van der Waals surface area contributed by atoms with E-state index in [9.17, 15) is 8.42 Å². The van der Waals surface area contributed by atoms with Crippen LogP contribution in [0.1, 0.15) is 12.5 Å². The van der Waals surface area contributed by atoms with Crippen LogP contribution in [0.2, 0.25) is 0 Å². The van der Waals surface area contributed by atoms with Crippen molar-refractivity contribution < 1.29 is 13.5 Å².